The summed E-state index contributed by atoms with van der Waals surface area (Å²) >= 11 is 0. The molecule has 1 aromatic carbocycles. The monoisotopic (exact) mass is 381 g/mol. The maximum atomic E-state index is 12.5. The van der Waals surface area contributed by atoms with E-state index in [-0.39, 0.29) is 36.2 Å². The van der Waals surface area contributed by atoms with Gasteiger partial charge in [-0.05, 0) is 24.8 Å². The van der Waals surface area contributed by atoms with Crippen LogP contribution >= 0.6 is 12.4 Å². The molecule has 1 unspecified atom stereocenters. The number of nitrogens with zero attached hydrogens (tertiary/aromatic N) is 2. The molecule has 2 rings (SSSR count). The van der Waals surface area contributed by atoms with E-state index in [1.54, 1.807) is 0 Å². The van der Waals surface area contributed by atoms with Crippen LogP contribution in [0.1, 0.15) is 50.6 Å². The largest absolute Gasteiger partial charge is 0.346 e. The maximum Gasteiger partial charge on any atom is 0.225 e. The van der Waals surface area contributed by atoms with Gasteiger partial charge in [0, 0.05) is 45.1 Å². The quantitative estimate of drug-likeness (QED) is 0.789. The SMILES string of the molecule is CCCCN(C)C(=O)C1CCN(C(=O)CC(N)c2ccccc2)CC1.Cl. The Morgan fingerprint density at radius 1 is 1.23 bits per heavy atom. The highest BCUT2D eigenvalue weighted by Gasteiger charge is 2.29. The summed E-state index contributed by atoms with van der Waals surface area (Å²) < 4.78 is 0. The zero-order valence-corrected chi connectivity index (χ0v) is 16.7. The second-order valence-corrected chi connectivity index (χ2v) is 6.99. The highest BCUT2D eigenvalue weighted by molar-refractivity contribution is 5.85. The Bertz CT molecular complexity index is 559. The number of amides is 2. The molecule has 1 fully saturated rings. The first-order chi connectivity index (χ1) is 12.0. The molecule has 1 aliphatic heterocycles. The highest BCUT2D eigenvalue weighted by Crippen LogP contribution is 2.22. The van der Waals surface area contributed by atoms with E-state index in [0.29, 0.717) is 19.5 Å². The van der Waals surface area contributed by atoms with Gasteiger partial charge in [-0.25, -0.2) is 0 Å². The third-order valence-electron chi connectivity index (χ3n) is 5.04. The molecule has 1 aliphatic rings. The number of halogens is 1. The van der Waals surface area contributed by atoms with Crippen molar-refractivity contribution in [1.82, 2.24) is 9.80 Å². The Labute approximate surface area is 163 Å². The minimum absolute atomic E-state index is 0. The minimum atomic E-state index is -0.270. The number of piperidine rings is 1. The lowest BCUT2D eigenvalue weighted by molar-refractivity contribution is -0.140. The van der Waals surface area contributed by atoms with Crippen LogP contribution in [0, 0.1) is 5.92 Å². The lowest BCUT2D eigenvalue weighted by atomic mass is 9.94. The molecule has 1 aromatic rings. The minimum Gasteiger partial charge on any atom is -0.346 e. The summed E-state index contributed by atoms with van der Waals surface area (Å²) in [6.45, 7) is 4.25. The number of carbonyl (C=O) groups excluding carboxylic acids is 2. The smallest absolute Gasteiger partial charge is 0.225 e. The average Bonchev–Trinajstić information content (AvgIpc) is 2.66. The number of carbonyl (C=O) groups is 2. The summed E-state index contributed by atoms with van der Waals surface area (Å²) in [6.07, 6.45) is 3.95. The van der Waals surface area contributed by atoms with Crippen LogP contribution in [0.4, 0.5) is 0 Å². The Morgan fingerprint density at radius 2 is 1.85 bits per heavy atom. The molecule has 0 bridgehead atoms. The van der Waals surface area contributed by atoms with Gasteiger partial charge >= 0.3 is 0 Å². The molecule has 1 heterocycles. The van der Waals surface area contributed by atoms with Crippen molar-refractivity contribution in [2.75, 3.05) is 26.7 Å². The number of hydrogen-bond acceptors (Lipinski definition) is 3. The second kappa shape index (κ2) is 11.2. The molecule has 0 radical (unpaired) electrons. The van der Waals surface area contributed by atoms with E-state index in [4.69, 9.17) is 5.73 Å². The van der Waals surface area contributed by atoms with Crippen molar-refractivity contribution in [2.24, 2.45) is 11.7 Å². The molecule has 0 spiro atoms. The van der Waals surface area contributed by atoms with E-state index >= 15 is 0 Å². The third-order valence-corrected chi connectivity index (χ3v) is 5.04. The normalized spacial score (nSPS) is 15.9. The lowest BCUT2D eigenvalue weighted by Gasteiger charge is -2.33. The third kappa shape index (κ3) is 6.29. The fourth-order valence-electron chi connectivity index (χ4n) is 3.33. The number of benzene rings is 1. The van der Waals surface area contributed by atoms with E-state index in [2.05, 4.69) is 6.92 Å². The van der Waals surface area contributed by atoms with Crippen molar-refractivity contribution < 1.29 is 9.59 Å². The summed E-state index contributed by atoms with van der Waals surface area (Å²) in [7, 11) is 1.88. The molecular formula is C20H32ClN3O2. The van der Waals surface area contributed by atoms with Gasteiger partial charge in [-0.1, -0.05) is 43.7 Å². The van der Waals surface area contributed by atoms with E-state index in [9.17, 15) is 9.59 Å². The molecular weight excluding hydrogens is 350 g/mol. The standard InChI is InChI=1S/C20H31N3O2.ClH/c1-3-4-12-22(2)20(25)17-10-13-23(14-11-17)19(24)15-18(21)16-8-6-5-7-9-16;/h5-9,17-18H,3-4,10-15,21H2,1-2H3;1H. The van der Waals surface area contributed by atoms with Crippen LogP contribution in [-0.2, 0) is 9.59 Å². The molecule has 26 heavy (non-hydrogen) atoms. The number of nitrogens with two attached hydrogens (primary N) is 1. The topological polar surface area (TPSA) is 66.6 Å². The summed E-state index contributed by atoms with van der Waals surface area (Å²) in [5, 5.41) is 0. The number of unbranched alkanes of at least 4 members (excludes halogenated alkanes) is 1. The zero-order chi connectivity index (χ0) is 18.2. The van der Waals surface area contributed by atoms with Crippen LogP contribution in [-0.4, -0.2) is 48.3 Å². The van der Waals surface area contributed by atoms with Gasteiger partial charge in [0.25, 0.3) is 0 Å². The van der Waals surface area contributed by atoms with Crippen molar-refractivity contribution in [3.05, 3.63) is 35.9 Å². The molecule has 146 valence electrons. The summed E-state index contributed by atoms with van der Waals surface area (Å²) in [4.78, 5) is 28.6. The first-order valence-electron chi connectivity index (χ1n) is 9.36. The van der Waals surface area contributed by atoms with Gasteiger partial charge in [-0.3, -0.25) is 9.59 Å². The van der Waals surface area contributed by atoms with E-state index in [0.717, 1.165) is 37.8 Å². The lowest BCUT2D eigenvalue weighted by Crippen LogP contribution is -2.44. The molecule has 6 heteroatoms. The molecule has 2 N–H and O–H groups in total. The van der Waals surface area contributed by atoms with Crippen LogP contribution in [0.25, 0.3) is 0 Å². The van der Waals surface area contributed by atoms with Crippen LogP contribution in [0.3, 0.4) is 0 Å². The molecule has 0 saturated carbocycles. The van der Waals surface area contributed by atoms with Gasteiger partial charge in [0.05, 0.1) is 0 Å². The molecule has 5 nitrogen and oxygen atoms in total. The Hall–Kier alpha value is -1.59. The molecule has 2 amide bonds. The van der Waals surface area contributed by atoms with Crippen LogP contribution in [0.2, 0.25) is 0 Å². The van der Waals surface area contributed by atoms with Crippen molar-refractivity contribution in [2.45, 2.75) is 45.1 Å². The van der Waals surface area contributed by atoms with Crippen LogP contribution in [0.15, 0.2) is 30.3 Å². The highest BCUT2D eigenvalue weighted by atomic mass is 35.5. The Balaban J connectivity index is 0.00000338. The number of likely N-dealkylation sites (tertiary alicyclic amines) is 1. The van der Waals surface area contributed by atoms with Gasteiger partial charge in [-0.2, -0.15) is 0 Å². The van der Waals surface area contributed by atoms with Gasteiger partial charge in [0.2, 0.25) is 11.8 Å². The fraction of sp³-hybridized carbons (Fsp3) is 0.600. The van der Waals surface area contributed by atoms with Crippen molar-refractivity contribution in [1.29, 1.82) is 0 Å². The average molecular weight is 382 g/mol. The van der Waals surface area contributed by atoms with Gasteiger partial charge < -0.3 is 15.5 Å². The van der Waals surface area contributed by atoms with Crippen molar-refractivity contribution in [3.8, 4) is 0 Å². The molecule has 0 aromatic heterocycles. The van der Waals surface area contributed by atoms with E-state index < -0.39 is 0 Å². The second-order valence-electron chi connectivity index (χ2n) is 6.99. The first-order valence-corrected chi connectivity index (χ1v) is 9.36. The predicted molar refractivity (Wildman–Crippen MR) is 107 cm³/mol. The number of rotatable bonds is 7. The Morgan fingerprint density at radius 3 is 2.42 bits per heavy atom. The predicted octanol–water partition coefficient (Wildman–Crippen LogP) is 3.00. The van der Waals surface area contributed by atoms with Gasteiger partial charge in [-0.15, -0.1) is 12.4 Å². The van der Waals surface area contributed by atoms with Crippen molar-refractivity contribution >= 4 is 24.2 Å². The van der Waals surface area contributed by atoms with Crippen LogP contribution in [0.5, 0.6) is 0 Å². The Kier molecular flexibility index (Phi) is 9.66. The zero-order valence-electron chi connectivity index (χ0n) is 15.9. The molecule has 1 saturated heterocycles. The summed E-state index contributed by atoms with van der Waals surface area (Å²) in [6, 6.07) is 9.45. The molecule has 1 atom stereocenters. The van der Waals surface area contributed by atoms with E-state index in [1.807, 2.05) is 47.2 Å². The van der Waals surface area contributed by atoms with Crippen LogP contribution < -0.4 is 5.73 Å². The summed E-state index contributed by atoms with van der Waals surface area (Å²) in [5.74, 6) is 0.358. The molecule has 0 aliphatic carbocycles. The first kappa shape index (κ1) is 22.5. The number of hydrogen-bond donors (Lipinski definition) is 1. The fourth-order valence-corrected chi connectivity index (χ4v) is 3.33. The van der Waals surface area contributed by atoms with Crippen molar-refractivity contribution in [3.63, 3.8) is 0 Å². The van der Waals surface area contributed by atoms with Gasteiger partial charge in [0.1, 0.15) is 0 Å². The van der Waals surface area contributed by atoms with E-state index in [1.165, 1.54) is 0 Å². The van der Waals surface area contributed by atoms with Gasteiger partial charge in [0.15, 0.2) is 0 Å². The summed E-state index contributed by atoms with van der Waals surface area (Å²) in [5.41, 5.74) is 7.14. The maximum absolute atomic E-state index is 12.5.